The normalized spacial score (nSPS) is 36.8. The van der Waals surface area contributed by atoms with Crippen LogP contribution in [-0.2, 0) is 0 Å². The first-order chi connectivity index (χ1) is 7.45. The van der Waals surface area contributed by atoms with Gasteiger partial charge in [0.15, 0.2) is 0 Å². The maximum atomic E-state index is 3.99. The van der Waals surface area contributed by atoms with Crippen molar-refractivity contribution in [3.63, 3.8) is 0 Å². The highest BCUT2D eigenvalue weighted by Gasteiger charge is 2.27. The minimum absolute atomic E-state index is 0.148. The molecule has 1 heterocycles. The maximum Gasteiger partial charge on any atom is 0.0335 e. The standard InChI is InChI=1S/C15H29N/c1-6-15(5)10-13(4)7-8-14(11-16-15)9-12(2)3/h6,12-14,16H,1,7-11H2,2-5H3. The van der Waals surface area contributed by atoms with Gasteiger partial charge in [-0.3, -0.25) is 0 Å². The van der Waals surface area contributed by atoms with Crippen LogP contribution in [0.5, 0.6) is 0 Å². The van der Waals surface area contributed by atoms with Crippen molar-refractivity contribution in [2.45, 2.75) is 58.9 Å². The van der Waals surface area contributed by atoms with Crippen LogP contribution in [0.1, 0.15) is 53.4 Å². The Balaban J connectivity index is 2.58. The van der Waals surface area contributed by atoms with Gasteiger partial charge in [-0.2, -0.15) is 0 Å². The Kier molecular flexibility index (Phi) is 5.04. The van der Waals surface area contributed by atoms with Gasteiger partial charge in [-0.15, -0.1) is 6.58 Å². The first-order valence-corrected chi connectivity index (χ1v) is 6.84. The third-order valence-electron chi connectivity index (χ3n) is 3.89. The van der Waals surface area contributed by atoms with Crippen molar-refractivity contribution in [2.75, 3.05) is 6.54 Å². The zero-order chi connectivity index (χ0) is 12.2. The van der Waals surface area contributed by atoms with Gasteiger partial charge in [-0.1, -0.05) is 33.3 Å². The zero-order valence-electron chi connectivity index (χ0n) is 11.6. The summed E-state index contributed by atoms with van der Waals surface area (Å²) < 4.78 is 0. The van der Waals surface area contributed by atoms with Crippen molar-refractivity contribution >= 4 is 0 Å². The number of rotatable bonds is 3. The number of hydrogen-bond donors (Lipinski definition) is 1. The van der Waals surface area contributed by atoms with E-state index in [0.29, 0.717) is 0 Å². The van der Waals surface area contributed by atoms with Crippen molar-refractivity contribution < 1.29 is 0 Å². The lowest BCUT2D eigenvalue weighted by Crippen LogP contribution is -2.45. The van der Waals surface area contributed by atoms with E-state index in [1.807, 2.05) is 0 Å². The lowest BCUT2D eigenvalue weighted by molar-refractivity contribution is 0.238. The van der Waals surface area contributed by atoms with E-state index in [1.54, 1.807) is 0 Å². The van der Waals surface area contributed by atoms with Crippen molar-refractivity contribution in [3.05, 3.63) is 12.7 Å². The molecule has 0 aliphatic carbocycles. The van der Waals surface area contributed by atoms with Gasteiger partial charge in [-0.25, -0.2) is 0 Å². The highest BCUT2D eigenvalue weighted by Crippen LogP contribution is 2.28. The summed E-state index contributed by atoms with van der Waals surface area (Å²) in [6.45, 7) is 14.5. The summed E-state index contributed by atoms with van der Waals surface area (Å²) in [7, 11) is 0. The number of nitrogens with one attached hydrogen (secondary N) is 1. The first-order valence-electron chi connectivity index (χ1n) is 6.84. The van der Waals surface area contributed by atoms with Crippen LogP contribution in [0, 0.1) is 17.8 Å². The Labute approximate surface area is 102 Å². The van der Waals surface area contributed by atoms with Crippen LogP contribution in [0.4, 0.5) is 0 Å². The molecule has 0 bridgehead atoms. The average Bonchev–Trinajstić information content (AvgIpc) is 2.20. The summed E-state index contributed by atoms with van der Waals surface area (Å²) in [6, 6.07) is 0. The third kappa shape index (κ3) is 4.29. The summed E-state index contributed by atoms with van der Waals surface area (Å²) in [6.07, 6.45) is 7.45. The molecule has 0 aromatic carbocycles. The van der Waals surface area contributed by atoms with Gasteiger partial charge in [0.1, 0.15) is 0 Å². The number of hydrogen-bond acceptors (Lipinski definition) is 1. The molecule has 0 amide bonds. The van der Waals surface area contributed by atoms with Gasteiger partial charge in [0, 0.05) is 5.54 Å². The van der Waals surface area contributed by atoms with Crippen LogP contribution in [0.25, 0.3) is 0 Å². The summed E-state index contributed by atoms with van der Waals surface area (Å²) in [4.78, 5) is 0. The van der Waals surface area contributed by atoms with Crippen molar-refractivity contribution in [1.82, 2.24) is 5.32 Å². The fourth-order valence-corrected chi connectivity index (χ4v) is 2.92. The molecule has 0 spiro atoms. The molecule has 0 saturated carbocycles. The molecule has 3 atom stereocenters. The maximum absolute atomic E-state index is 3.99. The van der Waals surface area contributed by atoms with Crippen LogP contribution in [0.2, 0.25) is 0 Å². The predicted octanol–water partition coefficient (Wildman–Crippen LogP) is 4.00. The molecule has 1 rings (SSSR count). The Morgan fingerprint density at radius 3 is 2.69 bits per heavy atom. The molecule has 0 radical (unpaired) electrons. The molecule has 1 fully saturated rings. The lowest BCUT2D eigenvalue weighted by Gasteiger charge is -2.36. The second-order valence-electron chi connectivity index (χ2n) is 6.38. The summed E-state index contributed by atoms with van der Waals surface area (Å²) in [5, 5.41) is 3.72. The quantitative estimate of drug-likeness (QED) is 0.713. The highest BCUT2D eigenvalue weighted by atomic mass is 15.0. The summed E-state index contributed by atoms with van der Waals surface area (Å²) >= 11 is 0. The van der Waals surface area contributed by atoms with Crippen molar-refractivity contribution in [2.24, 2.45) is 17.8 Å². The van der Waals surface area contributed by atoms with Crippen molar-refractivity contribution in [3.8, 4) is 0 Å². The monoisotopic (exact) mass is 223 g/mol. The Bertz CT molecular complexity index is 221. The Hall–Kier alpha value is -0.300. The molecular weight excluding hydrogens is 194 g/mol. The minimum atomic E-state index is 0.148. The van der Waals surface area contributed by atoms with E-state index in [9.17, 15) is 0 Å². The highest BCUT2D eigenvalue weighted by molar-refractivity contribution is 5.01. The van der Waals surface area contributed by atoms with Crippen LogP contribution >= 0.6 is 0 Å². The molecule has 1 saturated heterocycles. The van der Waals surface area contributed by atoms with Crippen LogP contribution < -0.4 is 5.32 Å². The molecule has 0 aromatic rings. The van der Waals surface area contributed by atoms with E-state index in [2.05, 4.69) is 45.7 Å². The van der Waals surface area contributed by atoms with Gasteiger partial charge < -0.3 is 5.32 Å². The fourth-order valence-electron chi connectivity index (χ4n) is 2.92. The van der Waals surface area contributed by atoms with E-state index in [0.717, 1.165) is 24.3 Å². The molecule has 16 heavy (non-hydrogen) atoms. The smallest absolute Gasteiger partial charge is 0.0335 e. The Morgan fingerprint density at radius 2 is 2.12 bits per heavy atom. The summed E-state index contributed by atoms with van der Waals surface area (Å²) in [5.74, 6) is 2.48. The second kappa shape index (κ2) is 5.86. The van der Waals surface area contributed by atoms with Gasteiger partial charge in [0.05, 0.1) is 0 Å². The fraction of sp³-hybridized carbons (Fsp3) is 0.867. The molecular formula is C15H29N. The van der Waals surface area contributed by atoms with Gasteiger partial charge in [-0.05, 0) is 50.5 Å². The molecule has 94 valence electrons. The minimum Gasteiger partial charge on any atom is -0.308 e. The van der Waals surface area contributed by atoms with E-state index in [4.69, 9.17) is 0 Å². The lowest BCUT2D eigenvalue weighted by atomic mass is 9.81. The zero-order valence-corrected chi connectivity index (χ0v) is 11.6. The third-order valence-corrected chi connectivity index (χ3v) is 3.89. The molecule has 1 aliphatic heterocycles. The first kappa shape index (κ1) is 13.8. The largest absolute Gasteiger partial charge is 0.308 e. The van der Waals surface area contributed by atoms with E-state index >= 15 is 0 Å². The van der Waals surface area contributed by atoms with E-state index < -0.39 is 0 Å². The van der Waals surface area contributed by atoms with Gasteiger partial charge >= 0.3 is 0 Å². The van der Waals surface area contributed by atoms with Crippen LogP contribution in [0.3, 0.4) is 0 Å². The SMILES string of the molecule is C=CC1(C)CC(C)CCC(CC(C)C)CN1. The van der Waals surface area contributed by atoms with Crippen LogP contribution in [-0.4, -0.2) is 12.1 Å². The molecule has 1 N–H and O–H groups in total. The molecule has 1 heteroatoms. The van der Waals surface area contributed by atoms with Gasteiger partial charge in [0.25, 0.3) is 0 Å². The predicted molar refractivity (Wildman–Crippen MR) is 72.6 cm³/mol. The van der Waals surface area contributed by atoms with Gasteiger partial charge in [0.2, 0.25) is 0 Å². The molecule has 0 aromatic heterocycles. The average molecular weight is 223 g/mol. The topological polar surface area (TPSA) is 12.0 Å². The van der Waals surface area contributed by atoms with E-state index in [-0.39, 0.29) is 5.54 Å². The Morgan fingerprint density at radius 1 is 1.44 bits per heavy atom. The molecule has 1 nitrogen and oxygen atoms in total. The van der Waals surface area contributed by atoms with E-state index in [1.165, 1.54) is 25.7 Å². The van der Waals surface area contributed by atoms with Crippen molar-refractivity contribution in [1.29, 1.82) is 0 Å². The summed E-state index contributed by atoms with van der Waals surface area (Å²) in [5.41, 5.74) is 0.148. The van der Waals surface area contributed by atoms with Crippen LogP contribution in [0.15, 0.2) is 12.7 Å². The molecule has 3 unspecified atom stereocenters. The second-order valence-corrected chi connectivity index (χ2v) is 6.38. The molecule has 1 aliphatic rings.